The molecule has 0 saturated carbocycles. The molecule has 1 heterocycles. The van der Waals surface area contributed by atoms with Crippen molar-refractivity contribution in [2.24, 2.45) is 0 Å². The van der Waals surface area contributed by atoms with E-state index in [2.05, 4.69) is 31.3 Å². The van der Waals surface area contributed by atoms with E-state index in [-0.39, 0.29) is 12.5 Å². The molecule has 9 nitrogen and oxygen atoms in total. The topological polar surface area (TPSA) is 149 Å². The van der Waals surface area contributed by atoms with Gasteiger partial charge in [-0.2, -0.15) is 0 Å². The van der Waals surface area contributed by atoms with Crippen LogP contribution in [-0.2, 0) is 14.3 Å². The zero-order valence-corrected chi connectivity index (χ0v) is 32.6. The Hall–Kier alpha value is -1.33. The van der Waals surface area contributed by atoms with E-state index in [0.29, 0.717) is 6.42 Å². The molecule has 1 fully saturated rings. The fourth-order valence-electron chi connectivity index (χ4n) is 6.55. The van der Waals surface area contributed by atoms with Crippen LogP contribution in [0, 0.1) is 0 Å². The Kier molecular flexibility index (Phi) is 31.1. The molecule has 0 aromatic carbocycles. The molecular weight excluding hydrogens is 646 g/mol. The van der Waals surface area contributed by atoms with Gasteiger partial charge in [-0.15, -0.1) is 0 Å². The second-order valence-electron chi connectivity index (χ2n) is 14.8. The highest BCUT2D eigenvalue weighted by molar-refractivity contribution is 5.76. The summed E-state index contributed by atoms with van der Waals surface area (Å²) in [5.74, 6) is -0.192. The summed E-state index contributed by atoms with van der Waals surface area (Å²) in [5, 5.41) is 54.0. The van der Waals surface area contributed by atoms with Crippen LogP contribution in [0.1, 0.15) is 181 Å². The summed E-state index contributed by atoms with van der Waals surface area (Å²) in [5.41, 5.74) is 0. The Morgan fingerprint density at radius 3 is 1.65 bits per heavy atom. The van der Waals surface area contributed by atoms with Crippen molar-refractivity contribution < 1.29 is 39.8 Å². The van der Waals surface area contributed by atoms with Gasteiger partial charge in [0.1, 0.15) is 24.4 Å². The number of carbonyl (C=O) groups excluding carboxylic acids is 1. The third-order valence-corrected chi connectivity index (χ3v) is 10.0. The van der Waals surface area contributed by atoms with Gasteiger partial charge in [-0.1, -0.05) is 160 Å². The van der Waals surface area contributed by atoms with Crippen LogP contribution in [0.4, 0.5) is 0 Å². The zero-order valence-electron chi connectivity index (χ0n) is 32.6. The monoisotopic (exact) mass is 726 g/mol. The van der Waals surface area contributed by atoms with Crippen LogP contribution in [0.15, 0.2) is 24.3 Å². The molecule has 6 N–H and O–H groups in total. The first-order valence-corrected chi connectivity index (χ1v) is 21.1. The quantitative estimate of drug-likeness (QED) is 0.0289. The SMILES string of the molecule is CCCC/C=C\CCCCCCC(=O)NC(COC1OC(CO)C(O)C(O)C1O)C(O)/C=C/CCCCCCCCCCCCCCCCCC. The van der Waals surface area contributed by atoms with Crippen molar-refractivity contribution in [3.63, 3.8) is 0 Å². The van der Waals surface area contributed by atoms with Crippen LogP contribution in [-0.4, -0.2) is 87.5 Å². The molecule has 0 aliphatic carbocycles. The van der Waals surface area contributed by atoms with Crippen molar-refractivity contribution in [1.29, 1.82) is 0 Å². The van der Waals surface area contributed by atoms with Crippen LogP contribution in [0.2, 0.25) is 0 Å². The summed E-state index contributed by atoms with van der Waals surface area (Å²) in [6.07, 6.45) is 30.8. The first-order chi connectivity index (χ1) is 24.8. The fourth-order valence-corrected chi connectivity index (χ4v) is 6.55. The molecule has 1 rings (SSSR count). The smallest absolute Gasteiger partial charge is 0.220 e. The number of aliphatic hydroxyl groups is 5. The second kappa shape index (κ2) is 33.3. The minimum Gasteiger partial charge on any atom is -0.394 e. The summed E-state index contributed by atoms with van der Waals surface area (Å²) < 4.78 is 11.2. The Balaban J connectivity index is 2.38. The molecule has 0 spiro atoms. The number of hydrogen-bond acceptors (Lipinski definition) is 8. The Morgan fingerprint density at radius 2 is 1.12 bits per heavy atom. The standard InChI is InChI=1S/C42H79NO8/c1-3-5-7-9-11-13-15-16-17-18-19-20-21-22-23-25-27-29-31-36(45)35(34-50-42-41(49)40(48)39(47)37(33-44)51-42)43-38(46)32-30-28-26-24-14-12-10-8-6-4-2/h10,12,29,31,35-37,39-42,44-45,47-49H,3-9,11,13-28,30,32-34H2,1-2H3,(H,43,46)/b12-10-,31-29+. The van der Waals surface area contributed by atoms with Gasteiger partial charge in [-0.3, -0.25) is 4.79 Å². The number of hydrogen-bond donors (Lipinski definition) is 6. The number of nitrogens with one attached hydrogen (secondary N) is 1. The number of rotatable bonds is 34. The summed E-state index contributed by atoms with van der Waals surface area (Å²) in [7, 11) is 0. The second-order valence-corrected chi connectivity index (χ2v) is 14.8. The lowest BCUT2D eigenvalue weighted by Crippen LogP contribution is -2.60. The molecule has 1 aliphatic rings. The van der Waals surface area contributed by atoms with Gasteiger partial charge >= 0.3 is 0 Å². The van der Waals surface area contributed by atoms with Crippen molar-refractivity contribution in [2.75, 3.05) is 13.2 Å². The summed E-state index contributed by atoms with van der Waals surface area (Å²) in [6, 6.07) is -0.805. The molecule has 1 saturated heterocycles. The van der Waals surface area contributed by atoms with Crippen LogP contribution in [0.25, 0.3) is 0 Å². The maximum Gasteiger partial charge on any atom is 0.220 e. The minimum atomic E-state index is -1.56. The molecule has 7 unspecified atom stereocenters. The van der Waals surface area contributed by atoms with Gasteiger partial charge in [0.2, 0.25) is 5.91 Å². The van der Waals surface area contributed by atoms with Gasteiger partial charge in [-0.25, -0.2) is 0 Å². The maximum absolute atomic E-state index is 12.8. The molecule has 7 atom stereocenters. The molecule has 1 amide bonds. The van der Waals surface area contributed by atoms with E-state index < -0.39 is 49.5 Å². The van der Waals surface area contributed by atoms with Gasteiger partial charge in [0.05, 0.1) is 25.4 Å². The van der Waals surface area contributed by atoms with E-state index in [1.165, 1.54) is 103 Å². The normalized spacial score (nSPS) is 22.2. The van der Waals surface area contributed by atoms with E-state index in [1.54, 1.807) is 6.08 Å². The third-order valence-electron chi connectivity index (χ3n) is 10.0. The first kappa shape index (κ1) is 47.7. The predicted molar refractivity (Wildman–Crippen MR) is 207 cm³/mol. The Morgan fingerprint density at radius 1 is 0.647 bits per heavy atom. The van der Waals surface area contributed by atoms with E-state index >= 15 is 0 Å². The van der Waals surface area contributed by atoms with Crippen LogP contribution in [0.3, 0.4) is 0 Å². The first-order valence-electron chi connectivity index (χ1n) is 21.1. The predicted octanol–water partition coefficient (Wildman–Crippen LogP) is 7.94. The number of allylic oxidation sites excluding steroid dienone is 3. The third kappa shape index (κ3) is 24.6. The van der Waals surface area contributed by atoms with Crippen molar-refractivity contribution in [3.8, 4) is 0 Å². The Labute approximate surface area is 311 Å². The lowest BCUT2D eigenvalue weighted by molar-refractivity contribution is -0.302. The number of aliphatic hydroxyl groups excluding tert-OH is 5. The van der Waals surface area contributed by atoms with Crippen molar-refractivity contribution in [1.82, 2.24) is 5.32 Å². The highest BCUT2D eigenvalue weighted by atomic mass is 16.7. The van der Waals surface area contributed by atoms with Gasteiger partial charge in [0.15, 0.2) is 6.29 Å². The number of amides is 1. The van der Waals surface area contributed by atoms with Crippen molar-refractivity contribution in [3.05, 3.63) is 24.3 Å². The molecule has 0 bridgehead atoms. The van der Waals surface area contributed by atoms with Gasteiger partial charge in [-0.05, 0) is 38.5 Å². The molecule has 1 aliphatic heterocycles. The van der Waals surface area contributed by atoms with Gasteiger partial charge in [0, 0.05) is 6.42 Å². The van der Waals surface area contributed by atoms with E-state index in [4.69, 9.17) is 9.47 Å². The van der Waals surface area contributed by atoms with Crippen molar-refractivity contribution in [2.45, 2.75) is 224 Å². The lowest BCUT2D eigenvalue weighted by Gasteiger charge is -2.40. The molecular formula is C42H79NO8. The highest BCUT2D eigenvalue weighted by Crippen LogP contribution is 2.22. The lowest BCUT2D eigenvalue weighted by atomic mass is 9.99. The molecule has 0 aromatic heterocycles. The minimum absolute atomic E-state index is 0.191. The molecule has 9 heteroatoms. The van der Waals surface area contributed by atoms with E-state index in [9.17, 15) is 30.3 Å². The van der Waals surface area contributed by atoms with Gasteiger partial charge in [0.25, 0.3) is 0 Å². The van der Waals surface area contributed by atoms with Crippen LogP contribution < -0.4 is 5.32 Å². The number of unbranched alkanes of at least 4 members (excludes halogenated alkanes) is 22. The molecule has 51 heavy (non-hydrogen) atoms. The van der Waals surface area contributed by atoms with E-state index in [0.717, 1.165) is 57.8 Å². The Bertz CT molecular complexity index is 853. The molecule has 300 valence electrons. The van der Waals surface area contributed by atoms with Crippen LogP contribution >= 0.6 is 0 Å². The summed E-state index contributed by atoms with van der Waals surface area (Å²) in [6.45, 7) is 3.71. The molecule has 0 radical (unpaired) electrons. The average Bonchev–Trinajstić information content (AvgIpc) is 3.13. The fraction of sp³-hybridized carbons (Fsp3) is 0.881. The number of carbonyl (C=O) groups is 1. The van der Waals surface area contributed by atoms with Crippen LogP contribution in [0.5, 0.6) is 0 Å². The summed E-state index contributed by atoms with van der Waals surface area (Å²) >= 11 is 0. The van der Waals surface area contributed by atoms with Crippen molar-refractivity contribution >= 4 is 5.91 Å². The highest BCUT2D eigenvalue weighted by Gasteiger charge is 2.44. The zero-order chi connectivity index (χ0) is 37.4. The van der Waals surface area contributed by atoms with Gasteiger partial charge < -0.3 is 40.3 Å². The molecule has 0 aromatic rings. The maximum atomic E-state index is 12.8. The largest absolute Gasteiger partial charge is 0.394 e. The van der Waals surface area contributed by atoms with E-state index in [1.807, 2.05) is 6.08 Å². The summed E-state index contributed by atoms with van der Waals surface area (Å²) in [4.78, 5) is 12.8. The number of ether oxygens (including phenoxy) is 2. The average molecular weight is 726 g/mol.